The summed E-state index contributed by atoms with van der Waals surface area (Å²) in [7, 11) is 0. The Kier molecular flexibility index (Phi) is 4.02. The standard InChI is InChI=1S/C12H17N3O/c16-12(11-4-1-2-6-14-11)10-15-8-3-5-13-7-9-15/h1-2,4,6,13H,3,5,7-10H2. The molecule has 1 fully saturated rings. The van der Waals surface area contributed by atoms with Crippen molar-refractivity contribution in [2.75, 3.05) is 32.7 Å². The molecular weight excluding hydrogens is 202 g/mol. The van der Waals surface area contributed by atoms with Gasteiger partial charge in [0.25, 0.3) is 0 Å². The number of hydrogen-bond acceptors (Lipinski definition) is 4. The van der Waals surface area contributed by atoms with E-state index in [1.165, 1.54) is 0 Å². The first-order valence-electron chi connectivity index (χ1n) is 5.73. The molecular formula is C12H17N3O. The molecule has 16 heavy (non-hydrogen) atoms. The lowest BCUT2D eigenvalue weighted by Gasteiger charge is -2.17. The molecule has 4 heteroatoms. The zero-order valence-corrected chi connectivity index (χ0v) is 9.35. The van der Waals surface area contributed by atoms with Crippen LogP contribution in [0.2, 0.25) is 0 Å². The lowest BCUT2D eigenvalue weighted by molar-refractivity contribution is 0.0930. The molecule has 0 radical (unpaired) electrons. The van der Waals surface area contributed by atoms with E-state index >= 15 is 0 Å². The molecule has 1 aliphatic heterocycles. The van der Waals surface area contributed by atoms with Crippen LogP contribution in [0.4, 0.5) is 0 Å². The van der Waals surface area contributed by atoms with Gasteiger partial charge in [0.05, 0.1) is 6.54 Å². The summed E-state index contributed by atoms with van der Waals surface area (Å²) < 4.78 is 0. The summed E-state index contributed by atoms with van der Waals surface area (Å²) in [5.74, 6) is 0.113. The average Bonchev–Trinajstić information content (AvgIpc) is 2.59. The zero-order valence-electron chi connectivity index (χ0n) is 9.35. The van der Waals surface area contributed by atoms with Crippen LogP contribution in [-0.2, 0) is 0 Å². The number of pyridine rings is 1. The van der Waals surface area contributed by atoms with Crippen molar-refractivity contribution in [3.8, 4) is 0 Å². The highest BCUT2D eigenvalue weighted by molar-refractivity contribution is 5.95. The van der Waals surface area contributed by atoms with Gasteiger partial charge in [-0.05, 0) is 31.6 Å². The Morgan fingerprint density at radius 1 is 1.38 bits per heavy atom. The Labute approximate surface area is 95.7 Å². The van der Waals surface area contributed by atoms with Crippen molar-refractivity contribution in [3.05, 3.63) is 30.1 Å². The Morgan fingerprint density at radius 2 is 2.31 bits per heavy atom. The number of nitrogens with zero attached hydrogens (tertiary/aromatic N) is 2. The molecule has 0 aromatic carbocycles. The quantitative estimate of drug-likeness (QED) is 0.754. The highest BCUT2D eigenvalue weighted by Gasteiger charge is 2.14. The molecule has 0 bridgehead atoms. The first-order chi connectivity index (χ1) is 7.86. The van der Waals surface area contributed by atoms with Gasteiger partial charge in [0.2, 0.25) is 0 Å². The molecule has 4 nitrogen and oxygen atoms in total. The maximum atomic E-state index is 11.9. The van der Waals surface area contributed by atoms with Gasteiger partial charge in [0.1, 0.15) is 5.69 Å². The summed E-state index contributed by atoms with van der Waals surface area (Å²) >= 11 is 0. The van der Waals surface area contributed by atoms with Gasteiger partial charge in [-0.3, -0.25) is 14.7 Å². The van der Waals surface area contributed by atoms with Gasteiger partial charge in [0.15, 0.2) is 5.78 Å². The van der Waals surface area contributed by atoms with Gasteiger partial charge < -0.3 is 5.32 Å². The van der Waals surface area contributed by atoms with Crippen LogP contribution in [0.15, 0.2) is 24.4 Å². The van der Waals surface area contributed by atoms with Crippen LogP contribution in [0.5, 0.6) is 0 Å². The summed E-state index contributed by atoms with van der Waals surface area (Å²) in [4.78, 5) is 18.2. The molecule has 0 spiro atoms. The van der Waals surface area contributed by atoms with Crippen LogP contribution >= 0.6 is 0 Å². The normalized spacial score (nSPS) is 18.0. The monoisotopic (exact) mass is 219 g/mol. The van der Waals surface area contributed by atoms with Crippen LogP contribution < -0.4 is 5.32 Å². The number of nitrogens with one attached hydrogen (secondary N) is 1. The van der Waals surface area contributed by atoms with E-state index in [2.05, 4.69) is 15.2 Å². The topological polar surface area (TPSA) is 45.2 Å². The van der Waals surface area contributed by atoms with Gasteiger partial charge >= 0.3 is 0 Å². The van der Waals surface area contributed by atoms with E-state index in [0.717, 1.165) is 32.6 Å². The third kappa shape index (κ3) is 3.12. The van der Waals surface area contributed by atoms with E-state index < -0.39 is 0 Å². The van der Waals surface area contributed by atoms with Gasteiger partial charge in [0, 0.05) is 19.3 Å². The van der Waals surface area contributed by atoms with Crippen LogP contribution in [0, 0.1) is 0 Å². The van der Waals surface area contributed by atoms with Crippen molar-refractivity contribution in [2.24, 2.45) is 0 Å². The number of Topliss-reactive ketones (excluding diaryl/α,β-unsaturated/α-hetero) is 1. The predicted molar refractivity (Wildman–Crippen MR) is 62.5 cm³/mol. The minimum absolute atomic E-state index is 0.113. The fourth-order valence-corrected chi connectivity index (χ4v) is 1.87. The number of hydrogen-bond donors (Lipinski definition) is 1. The Morgan fingerprint density at radius 3 is 3.12 bits per heavy atom. The van der Waals surface area contributed by atoms with E-state index in [1.807, 2.05) is 12.1 Å². The van der Waals surface area contributed by atoms with Crippen LogP contribution in [0.25, 0.3) is 0 Å². The first kappa shape index (κ1) is 11.2. The second-order valence-electron chi connectivity index (χ2n) is 4.02. The van der Waals surface area contributed by atoms with Crippen molar-refractivity contribution in [1.29, 1.82) is 0 Å². The van der Waals surface area contributed by atoms with Crippen LogP contribution in [-0.4, -0.2) is 48.4 Å². The molecule has 0 amide bonds. The predicted octanol–water partition coefficient (Wildman–Crippen LogP) is 0.560. The summed E-state index contributed by atoms with van der Waals surface area (Å²) in [6.45, 7) is 4.44. The highest BCUT2D eigenvalue weighted by Crippen LogP contribution is 2.00. The molecule has 1 aliphatic rings. The zero-order chi connectivity index (χ0) is 11.2. The molecule has 0 atom stereocenters. The number of carbonyl (C=O) groups excluding carboxylic acids is 1. The Balaban J connectivity index is 1.91. The number of rotatable bonds is 3. The van der Waals surface area contributed by atoms with Gasteiger partial charge in [-0.2, -0.15) is 0 Å². The number of aromatic nitrogens is 1. The fourth-order valence-electron chi connectivity index (χ4n) is 1.87. The first-order valence-corrected chi connectivity index (χ1v) is 5.73. The van der Waals surface area contributed by atoms with Crippen molar-refractivity contribution in [1.82, 2.24) is 15.2 Å². The summed E-state index contributed by atoms with van der Waals surface area (Å²) in [6.07, 6.45) is 2.77. The molecule has 1 aromatic rings. The van der Waals surface area contributed by atoms with Gasteiger partial charge in [-0.15, -0.1) is 0 Å². The average molecular weight is 219 g/mol. The van der Waals surface area contributed by atoms with E-state index in [-0.39, 0.29) is 5.78 Å². The second-order valence-corrected chi connectivity index (χ2v) is 4.02. The Bertz CT molecular complexity index is 331. The summed E-state index contributed by atoms with van der Waals surface area (Å²) in [5, 5.41) is 3.32. The SMILES string of the molecule is O=C(CN1CCCNCC1)c1ccccn1. The van der Waals surface area contributed by atoms with Crippen molar-refractivity contribution in [3.63, 3.8) is 0 Å². The molecule has 0 unspecified atom stereocenters. The molecule has 2 heterocycles. The summed E-state index contributed by atoms with van der Waals surface area (Å²) in [6, 6.07) is 5.45. The minimum Gasteiger partial charge on any atom is -0.315 e. The second kappa shape index (κ2) is 5.72. The molecule has 86 valence electrons. The van der Waals surface area contributed by atoms with Crippen LogP contribution in [0.1, 0.15) is 16.9 Å². The van der Waals surface area contributed by atoms with Crippen molar-refractivity contribution >= 4 is 5.78 Å². The lowest BCUT2D eigenvalue weighted by atomic mass is 10.2. The van der Waals surface area contributed by atoms with E-state index in [4.69, 9.17) is 0 Å². The Hall–Kier alpha value is -1.26. The molecule has 1 saturated heterocycles. The van der Waals surface area contributed by atoms with E-state index in [0.29, 0.717) is 12.2 Å². The van der Waals surface area contributed by atoms with Gasteiger partial charge in [-0.25, -0.2) is 0 Å². The minimum atomic E-state index is 0.113. The summed E-state index contributed by atoms with van der Waals surface area (Å²) in [5.41, 5.74) is 0.569. The maximum absolute atomic E-state index is 11.9. The number of ketones is 1. The fraction of sp³-hybridized carbons (Fsp3) is 0.500. The van der Waals surface area contributed by atoms with Crippen molar-refractivity contribution in [2.45, 2.75) is 6.42 Å². The highest BCUT2D eigenvalue weighted by atomic mass is 16.1. The van der Waals surface area contributed by atoms with E-state index in [1.54, 1.807) is 12.3 Å². The van der Waals surface area contributed by atoms with Crippen LogP contribution in [0.3, 0.4) is 0 Å². The lowest BCUT2D eigenvalue weighted by Crippen LogP contribution is -2.33. The maximum Gasteiger partial charge on any atom is 0.195 e. The molecule has 1 N–H and O–H groups in total. The smallest absolute Gasteiger partial charge is 0.195 e. The van der Waals surface area contributed by atoms with Crippen molar-refractivity contribution < 1.29 is 4.79 Å². The third-order valence-corrected chi connectivity index (χ3v) is 2.75. The molecule has 2 rings (SSSR count). The van der Waals surface area contributed by atoms with Gasteiger partial charge in [-0.1, -0.05) is 6.07 Å². The molecule has 0 saturated carbocycles. The largest absolute Gasteiger partial charge is 0.315 e. The number of carbonyl (C=O) groups is 1. The van der Waals surface area contributed by atoms with E-state index in [9.17, 15) is 4.79 Å². The third-order valence-electron chi connectivity index (χ3n) is 2.75. The molecule has 0 aliphatic carbocycles. The molecule has 1 aromatic heterocycles.